The molecule has 0 bridgehead atoms. The van der Waals surface area contributed by atoms with Crippen molar-refractivity contribution >= 4 is 5.91 Å². The van der Waals surface area contributed by atoms with Crippen molar-refractivity contribution in [3.05, 3.63) is 35.4 Å². The summed E-state index contributed by atoms with van der Waals surface area (Å²) in [4.78, 5) is 11.5. The predicted molar refractivity (Wildman–Crippen MR) is 82.6 cm³/mol. The SMILES string of the molecule is CC1(C)CC(=O)NN1[C@@H](CCCc1ccccc1C#N)C(F)(F)F. The quantitative estimate of drug-likeness (QED) is 0.895. The fourth-order valence-electron chi connectivity index (χ4n) is 3.08. The van der Waals surface area contributed by atoms with Gasteiger partial charge in [-0.25, -0.2) is 5.01 Å². The van der Waals surface area contributed by atoms with E-state index < -0.39 is 23.7 Å². The van der Waals surface area contributed by atoms with Crippen LogP contribution >= 0.6 is 0 Å². The largest absolute Gasteiger partial charge is 0.405 e. The lowest BCUT2D eigenvalue weighted by molar-refractivity contribution is -0.202. The summed E-state index contributed by atoms with van der Waals surface area (Å²) >= 11 is 0. The summed E-state index contributed by atoms with van der Waals surface area (Å²) in [6, 6.07) is 7.20. The number of benzene rings is 1. The molecule has 4 nitrogen and oxygen atoms in total. The summed E-state index contributed by atoms with van der Waals surface area (Å²) in [5.74, 6) is -0.399. The minimum absolute atomic E-state index is 0.0385. The van der Waals surface area contributed by atoms with Crippen molar-refractivity contribution in [1.29, 1.82) is 5.26 Å². The predicted octanol–water partition coefficient (Wildman–Crippen LogP) is 3.33. The first kappa shape index (κ1) is 18.3. The van der Waals surface area contributed by atoms with E-state index in [0.29, 0.717) is 12.0 Å². The molecule has 1 saturated heterocycles. The summed E-state index contributed by atoms with van der Waals surface area (Å²) in [5.41, 5.74) is 2.68. The minimum atomic E-state index is -4.44. The number of rotatable bonds is 5. The fourth-order valence-corrected chi connectivity index (χ4v) is 3.08. The average molecular weight is 339 g/mol. The van der Waals surface area contributed by atoms with Crippen LogP contribution in [0.3, 0.4) is 0 Å². The molecule has 1 aliphatic rings. The number of hydrazine groups is 1. The van der Waals surface area contributed by atoms with Gasteiger partial charge in [-0.2, -0.15) is 18.4 Å². The van der Waals surface area contributed by atoms with Crippen LogP contribution < -0.4 is 5.43 Å². The maximum Gasteiger partial charge on any atom is 0.405 e. The Morgan fingerprint density at radius 1 is 1.38 bits per heavy atom. The van der Waals surface area contributed by atoms with Gasteiger partial charge in [0, 0.05) is 12.0 Å². The monoisotopic (exact) mass is 339 g/mol. The molecule has 7 heteroatoms. The van der Waals surface area contributed by atoms with E-state index in [2.05, 4.69) is 5.43 Å². The Bertz CT molecular complexity index is 649. The summed E-state index contributed by atoms with van der Waals surface area (Å²) in [6.45, 7) is 3.24. The standard InChI is InChI=1S/C17H20F3N3O/c1-16(2)10-15(24)22-23(16)14(17(18,19)20)9-5-8-12-6-3-4-7-13(12)11-21/h3-4,6-7,14H,5,8-10H2,1-2H3,(H,22,24)/t14-/m0/s1. The number of carbonyl (C=O) groups is 1. The van der Waals surface area contributed by atoms with Gasteiger partial charge in [-0.1, -0.05) is 18.2 Å². The van der Waals surface area contributed by atoms with Crippen molar-refractivity contribution < 1.29 is 18.0 Å². The molecule has 1 fully saturated rings. The van der Waals surface area contributed by atoms with E-state index in [1.807, 2.05) is 6.07 Å². The lowest BCUT2D eigenvalue weighted by Crippen LogP contribution is -2.56. The molecule has 1 aromatic rings. The first-order chi connectivity index (χ1) is 11.1. The summed E-state index contributed by atoms with van der Waals surface area (Å²) in [6.07, 6.45) is -3.89. The van der Waals surface area contributed by atoms with Crippen LogP contribution in [-0.4, -0.2) is 28.7 Å². The number of nitrogens with one attached hydrogen (secondary N) is 1. The van der Waals surface area contributed by atoms with Gasteiger partial charge in [0.25, 0.3) is 0 Å². The first-order valence-electron chi connectivity index (χ1n) is 7.79. The Hall–Kier alpha value is -2.07. The highest BCUT2D eigenvalue weighted by Crippen LogP contribution is 2.35. The van der Waals surface area contributed by atoms with Gasteiger partial charge in [-0.05, 0) is 44.7 Å². The van der Waals surface area contributed by atoms with Gasteiger partial charge in [0.2, 0.25) is 5.91 Å². The molecule has 130 valence electrons. The van der Waals surface area contributed by atoms with Crippen LogP contribution in [0.2, 0.25) is 0 Å². The number of hydrogen-bond donors (Lipinski definition) is 1. The van der Waals surface area contributed by atoms with Crippen molar-refractivity contribution in [3.63, 3.8) is 0 Å². The number of hydrogen-bond acceptors (Lipinski definition) is 3. The van der Waals surface area contributed by atoms with Crippen LogP contribution in [0.25, 0.3) is 0 Å². The van der Waals surface area contributed by atoms with E-state index in [4.69, 9.17) is 5.26 Å². The average Bonchev–Trinajstić information content (AvgIpc) is 2.75. The second-order valence-electron chi connectivity index (χ2n) is 6.61. The third-order valence-electron chi connectivity index (χ3n) is 4.24. The molecule has 0 saturated carbocycles. The van der Waals surface area contributed by atoms with Crippen LogP contribution in [0.4, 0.5) is 13.2 Å². The zero-order valence-electron chi connectivity index (χ0n) is 13.7. The normalized spacial score (nSPS) is 18.9. The summed E-state index contributed by atoms with van der Waals surface area (Å²) < 4.78 is 40.4. The van der Waals surface area contributed by atoms with Crippen molar-refractivity contribution in [2.75, 3.05) is 0 Å². The second-order valence-corrected chi connectivity index (χ2v) is 6.61. The number of amides is 1. The number of alkyl halides is 3. The van der Waals surface area contributed by atoms with Gasteiger partial charge >= 0.3 is 6.18 Å². The molecule has 0 unspecified atom stereocenters. The maximum absolute atomic E-state index is 13.5. The minimum Gasteiger partial charge on any atom is -0.288 e. The van der Waals surface area contributed by atoms with Crippen molar-refractivity contribution in [3.8, 4) is 6.07 Å². The molecule has 0 radical (unpaired) electrons. The fraction of sp³-hybridized carbons (Fsp3) is 0.529. The molecule has 0 aliphatic carbocycles. The molecule has 1 N–H and O–H groups in total. The molecule has 1 aromatic carbocycles. The Balaban J connectivity index is 2.08. The number of halogens is 3. The Labute approximate surface area is 139 Å². The molecule has 1 heterocycles. The van der Waals surface area contributed by atoms with Gasteiger partial charge in [0.1, 0.15) is 6.04 Å². The smallest absolute Gasteiger partial charge is 0.288 e. The van der Waals surface area contributed by atoms with E-state index in [9.17, 15) is 18.0 Å². The zero-order chi connectivity index (χ0) is 18.0. The molecule has 1 atom stereocenters. The molecular formula is C17H20F3N3O. The van der Waals surface area contributed by atoms with E-state index >= 15 is 0 Å². The van der Waals surface area contributed by atoms with E-state index in [1.165, 1.54) is 0 Å². The van der Waals surface area contributed by atoms with E-state index in [-0.39, 0.29) is 19.3 Å². The number of carbonyl (C=O) groups excluding carboxylic acids is 1. The van der Waals surface area contributed by atoms with Gasteiger partial charge < -0.3 is 0 Å². The summed E-state index contributed by atoms with van der Waals surface area (Å²) in [7, 11) is 0. The third-order valence-corrected chi connectivity index (χ3v) is 4.24. The van der Waals surface area contributed by atoms with Gasteiger partial charge in [0.15, 0.2) is 0 Å². The van der Waals surface area contributed by atoms with Crippen LogP contribution in [0.5, 0.6) is 0 Å². The van der Waals surface area contributed by atoms with Crippen molar-refractivity contribution in [1.82, 2.24) is 10.4 Å². The first-order valence-corrected chi connectivity index (χ1v) is 7.79. The molecule has 1 amide bonds. The highest BCUT2D eigenvalue weighted by molar-refractivity contribution is 5.78. The molecule has 2 rings (SSSR count). The van der Waals surface area contributed by atoms with Gasteiger partial charge in [0.05, 0.1) is 11.6 Å². The number of nitrogens with zero attached hydrogens (tertiary/aromatic N) is 2. The van der Waals surface area contributed by atoms with E-state index in [0.717, 1.165) is 10.6 Å². The van der Waals surface area contributed by atoms with Crippen LogP contribution in [-0.2, 0) is 11.2 Å². The van der Waals surface area contributed by atoms with E-state index in [1.54, 1.807) is 38.1 Å². The molecule has 1 aliphatic heterocycles. The Kier molecular flexibility index (Phi) is 5.19. The van der Waals surface area contributed by atoms with Crippen LogP contribution in [0.15, 0.2) is 24.3 Å². The Morgan fingerprint density at radius 2 is 2.04 bits per heavy atom. The van der Waals surface area contributed by atoms with Crippen LogP contribution in [0, 0.1) is 11.3 Å². The summed E-state index contributed by atoms with van der Waals surface area (Å²) in [5, 5.41) is 10.1. The highest BCUT2D eigenvalue weighted by atomic mass is 19.4. The highest BCUT2D eigenvalue weighted by Gasteiger charge is 2.51. The number of aryl methyl sites for hydroxylation is 1. The molecule has 0 spiro atoms. The third kappa shape index (κ3) is 4.06. The maximum atomic E-state index is 13.5. The van der Waals surface area contributed by atoms with Crippen molar-refractivity contribution in [2.45, 2.75) is 57.3 Å². The topological polar surface area (TPSA) is 56.1 Å². The lowest BCUT2D eigenvalue weighted by atomic mass is 9.96. The molecule has 24 heavy (non-hydrogen) atoms. The molecule has 0 aromatic heterocycles. The lowest BCUT2D eigenvalue weighted by Gasteiger charge is -2.37. The Morgan fingerprint density at radius 3 is 2.58 bits per heavy atom. The van der Waals surface area contributed by atoms with Gasteiger partial charge in [-0.15, -0.1) is 0 Å². The van der Waals surface area contributed by atoms with Crippen LogP contribution in [0.1, 0.15) is 44.2 Å². The van der Waals surface area contributed by atoms with Gasteiger partial charge in [-0.3, -0.25) is 10.2 Å². The van der Waals surface area contributed by atoms with Crippen molar-refractivity contribution in [2.24, 2.45) is 0 Å². The molecular weight excluding hydrogens is 319 g/mol. The second kappa shape index (κ2) is 6.81. The zero-order valence-corrected chi connectivity index (χ0v) is 13.7. The number of nitriles is 1.